The minimum atomic E-state index is -0.0337. The molecule has 2 aromatic rings. The Hall–Kier alpha value is -1.82. The molecule has 1 amide bonds. The van der Waals surface area contributed by atoms with Gasteiger partial charge in [0.2, 0.25) is 11.8 Å². The highest BCUT2D eigenvalue weighted by Crippen LogP contribution is 2.60. The van der Waals surface area contributed by atoms with Gasteiger partial charge >= 0.3 is 0 Å². The van der Waals surface area contributed by atoms with E-state index in [1.807, 2.05) is 19.1 Å². The molecular formula is C23H29N3O2S. The third-order valence-corrected chi connectivity index (χ3v) is 8.05. The highest BCUT2D eigenvalue weighted by atomic mass is 32.2. The summed E-state index contributed by atoms with van der Waals surface area (Å²) in [7, 11) is 0. The molecule has 0 unspecified atom stereocenters. The van der Waals surface area contributed by atoms with Crippen molar-refractivity contribution >= 4 is 23.4 Å². The van der Waals surface area contributed by atoms with Gasteiger partial charge in [0.1, 0.15) is 0 Å². The van der Waals surface area contributed by atoms with Crippen molar-refractivity contribution in [3.63, 3.8) is 0 Å². The maximum atomic E-state index is 12.5. The highest BCUT2D eigenvalue weighted by Gasteiger charge is 2.54. The van der Waals surface area contributed by atoms with E-state index in [1.54, 1.807) is 0 Å². The molecule has 1 heterocycles. The maximum Gasteiger partial charge on any atom is 0.277 e. The maximum absolute atomic E-state index is 12.5. The highest BCUT2D eigenvalue weighted by molar-refractivity contribution is 7.99. The molecule has 0 saturated heterocycles. The fourth-order valence-corrected chi connectivity index (χ4v) is 6.92. The minimum Gasteiger partial charge on any atom is -0.415 e. The summed E-state index contributed by atoms with van der Waals surface area (Å²) in [6.45, 7) is 4.13. The minimum absolute atomic E-state index is 0.0337. The number of benzene rings is 1. The summed E-state index contributed by atoms with van der Waals surface area (Å²) in [4.78, 5) is 12.5. The summed E-state index contributed by atoms with van der Waals surface area (Å²) >= 11 is 1.34. The number of nitrogens with one attached hydrogen (secondary N) is 1. The number of hydrogen-bond donors (Lipinski definition) is 1. The third-order valence-electron chi connectivity index (χ3n) is 7.23. The predicted octanol–water partition coefficient (Wildman–Crippen LogP) is 5.14. The van der Waals surface area contributed by atoms with Crippen molar-refractivity contribution in [1.29, 1.82) is 0 Å². The molecule has 1 aromatic heterocycles. The summed E-state index contributed by atoms with van der Waals surface area (Å²) in [5.41, 5.74) is 3.29. The number of carbonyl (C=O) groups excluding carboxylic acids is 1. The zero-order valence-electron chi connectivity index (χ0n) is 17.2. The smallest absolute Gasteiger partial charge is 0.277 e. The van der Waals surface area contributed by atoms with Crippen molar-refractivity contribution < 1.29 is 9.21 Å². The topological polar surface area (TPSA) is 68.0 Å². The lowest BCUT2D eigenvalue weighted by molar-refractivity contribution is -0.113. The molecular weight excluding hydrogens is 382 g/mol. The van der Waals surface area contributed by atoms with Crippen LogP contribution in [0.25, 0.3) is 0 Å². The van der Waals surface area contributed by atoms with Gasteiger partial charge in [-0.05, 0) is 80.8 Å². The van der Waals surface area contributed by atoms with Crippen molar-refractivity contribution in [1.82, 2.24) is 10.2 Å². The molecule has 6 heteroatoms. The summed E-state index contributed by atoms with van der Waals surface area (Å²) < 4.78 is 6.10. The second-order valence-electron chi connectivity index (χ2n) is 9.37. The number of hydrogen-bond acceptors (Lipinski definition) is 5. The van der Waals surface area contributed by atoms with Gasteiger partial charge in [-0.2, -0.15) is 0 Å². The molecule has 4 aliphatic rings. The number of thioether (sulfide) groups is 1. The van der Waals surface area contributed by atoms with Crippen molar-refractivity contribution in [2.75, 3.05) is 11.1 Å². The van der Waals surface area contributed by atoms with Crippen molar-refractivity contribution in [2.24, 2.45) is 17.8 Å². The zero-order valence-corrected chi connectivity index (χ0v) is 18.1. The van der Waals surface area contributed by atoms with Gasteiger partial charge in [-0.1, -0.05) is 36.9 Å². The Bertz CT molecular complexity index is 887. The largest absolute Gasteiger partial charge is 0.415 e. The quantitative estimate of drug-likeness (QED) is 0.667. The fourth-order valence-electron chi connectivity index (χ4n) is 6.36. The molecule has 4 bridgehead atoms. The number of amides is 1. The first kappa shape index (κ1) is 19.2. The molecule has 1 aromatic carbocycles. The van der Waals surface area contributed by atoms with Gasteiger partial charge in [-0.3, -0.25) is 4.79 Å². The molecule has 29 heavy (non-hydrogen) atoms. The van der Waals surface area contributed by atoms with Crippen LogP contribution in [0.2, 0.25) is 0 Å². The van der Waals surface area contributed by atoms with E-state index in [-0.39, 0.29) is 17.1 Å². The molecule has 0 radical (unpaired) electrons. The van der Waals surface area contributed by atoms with Crippen molar-refractivity contribution in [2.45, 2.75) is 69.4 Å². The van der Waals surface area contributed by atoms with Gasteiger partial charge in [0.25, 0.3) is 5.22 Å². The Morgan fingerprint density at radius 2 is 1.86 bits per heavy atom. The molecule has 0 atom stereocenters. The van der Waals surface area contributed by atoms with Crippen LogP contribution < -0.4 is 5.32 Å². The van der Waals surface area contributed by atoms with Crippen LogP contribution in [0.1, 0.15) is 62.5 Å². The number of rotatable bonds is 6. The number of para-hydroxylation sites is 1. The molecule has 6 rings (SSSR count). The first-order chi connectivity index (χ1) is 14.0. The van der Waals surface area contributed by atoms with Crippen LogP contribution in [0.15, 0.2) is 27.8 Å². The van der Waals surface area contributed by atoms with Crippen LogP contribution >= 0.6 is 11.8 Å². The first-order valence-electron chi connectivity index (χ1n) is 10.9. The van der Waals surface area contributed by atoms with E-state index in [9.17, 15) is 4.79 Å². The Kier molecular flexibility index (Phi) is 4.93. The normalized spacial score (nSPS) is 29.9. The van der Waals surface area contributed by atoms with Crippen LogP contribution in [-0.2, 0) is 16.6 Å². The Morgan fingerprint density at radius 3 is 2.52 bits per heavy atom. The van der Waals surface area contributed by atoms with E-state index in [4.69, 9.17) is 4.42 Å². The number of carbonyl (C=O) groups is 1. The van der Waals surface area contributed by atoms with Crippen LogP contribution in [0.4, 0.5) is 5.69 Å². The van der Waals surface area contributed by atoms with E-state index >= 15 is 0 Å². The zero-order chi connectivity index (χ0) is 20.0. The lowest BCUT2D eigenvalue weighted by atomic mass is 9.49. The SMILES string of the molecule is CCc1cccc(C)c1NC(=O)CSc1nnc(C23CC4CC(CC(C4)C2)C3)o1. The molecule has 0 spiro atoms. The average Bonchev–Trinajstić information content (AvgIpc) is 3.17. The molecule has 4 aliphatic carbocycles. The van der Waals surface area contributed by atoms with Gasteiger partial charge in [-0.25, -0.2) is 0 Å². The van der Waals surface area contributed by atoms with Crippen molar-refractivity contribution in [3.05, 3.63) is 35.2 Å². The van der Waals surface area contributed by atoms with E-state index < -0.39 is 0 Å². The molecule has 1 N–H and O–H groups in total. The van der Waals surface area contributed by atoms with E-state index in [0.29, 0.717) is 5.22 Å². The second-order valence-corrected chi connectivity index (χ2v) is 10.3. The van der Waals surface area contributed by atoms with Gasteiger partial charge in [-0.15, -0.1) is 10.2 Å². The lowest BCUT2D eigenvalue weighted by Gasteiger charge is -2.55. The molecule has 4 saturated carbocycles. The standard InChI is InChI=1S/C23H29N3O2S/c1-3-18-6-4-5-14(2)20(18)24-19(27)13-29-22-26-25-21(28-22)23-10-15-7-16(11-23)9-17(8-15)12-23/h4-6,15-17H,3,7-13H2,1-2H3,(H,24,27). The summed E-state index contributed by atoms with van der Waals surface area (Å²) in [6, 6.07) is 6.12. The van der Waals surface area contributed by atoms with Crippen LogP contribution in [0, 0.1) is 24.7 Å². The summed E-state index contributed by atoms with van der Waals surface area (Å²) in [5, 5.41) is 12.3. The third kappa shape index (κ3) is 3.60. The van der Waals surface area contributed by atoms with E-state index in [0.717, 1.165) is 46.9 Å². The first-order valence-corrected chi connectivity index (χ1v) is 11.9. The number of aromatic nitrogens is 2. The van der Waals surface area contributed by atoms with Crippen molar-refractivity contribution in [3.8, 4) is 0 Å². The molecule has 0 aliphatic heterocycles. The predicted molar refractivity (Wildman–Crippen MR) is 114 cm³/mol. The summed E-state index contributed by atoms with van der Waals surface area (Å²) in [6.07, 6.45) is 8.70. The van der Waals surface area contributed by atoms with E-state index in [2.05, 4.69) is 28.5 Å². The second kappa shape index (κ2) is 7.46. The molecule has 4 fully saturated rings. The number of aryl methyl sites for hydroxylation is 2. The molecule has 5 nitrogen and oxygen atoms in total. The van der Waals surface area contributed by atoms with Gasteiger partial charge < -0.3 is 9.73 Å². The van der Waals surface area contributed by atoms with Gasteiger partial charge in [0.15, 0.2) is 0 Å². The fraction of sp³-hybridized carbons (Fsp3) is 0.609. The van der Waals surface area contributed by atoms with Gasteiger partial charge in [0.05, 0.1) is 5.75 Å². The number of nitrogens with zero attached hydrogens (tertiary/aromatic N) is 2. The molecule has 154 valence electrons. The van der Waals surface area contributed by atoms with Crippen LogP contribution in [0.3, 0.4) is 0 Å². The lowest BCUT2D eigenvalue weighted by Crippen LogP contribution is -2.48. The Balaban J connectivity index is 1.23. The Labute approximate surface area is 176 Å². The number of anilines is 1. The monoisotopic (exact) mass is 411 g/mol. The van der Waals surface area contributed by atoms with E-state index in [1.165, 1.54) is 50.3 Å². The van der Waals surface area contributed by atoms with Crippen LogP contribution in [-0.4, -0.2) is 21.9 Å². The summed E-state index contributed by atoms with van der Waals surface area (Å²) in [5.74, 6) is 3.60. The van der Waals surface area contributed by atoms with Crippen LogP contribution in [0.5, 0.6) is 0 Å². The van der Waals surface area contributed by atoms with Gasteiger partial charge in [0, 0.05) is 11.1 Å². The average molecular weight is 412 g/mol. The Morgan fingerprint density at radius 1 is 1.17 bits per heavy atom.